The van der Waals surface area contributed by atoms with E-state index in [0.29, 0.717) is 17.6 Å². The smallest absolute Gasteiger partial charge is 0.136 e. The SMILES string of the molecule is C.C=CC1CC2C(=O)C[C@H]2C1. The highest BCUT2D eigenvalue weighted by molar-refractivity contribution is 5.87. The molecule has 0 N–H and O–H groups in total. The largest absolute Gasteiger partial charge is 0.299 e. The molecule has 0 spiro atoms. The van der Waals surface area contributed by atoms with Gasteiger partial charge in [-0.2, -0.15) is 0 Å². The fraction of sp³-hybridized carbons (Fsp3) is 0.700. The van der Waals surface area contributed by atoms with Crippen molar-refractivity contribution < 1.29 is 4.79 Å². The van der Waals surface area contributed by atoms with Gasteiger partial charge in [0.2, 0.25) is 0 Å². The molecule has 0 aliphatic heterocycles. The molecule has 2 rings (SSSR count). The van der Waals surface area contributed by atoms with Crippen LogP contribution in [0.4, 0.5) is 0 Å². The number of hydrogen-bond donors (Lipinski definition) is 0. The molecule has 0 aromatic rings. The Morgan fingerprint density at radius 1 is 1.45 bits per heavy atom. The summed E-state index contributed by atoms with van der Waals surface area (Å²) in [5.74, 6) is 2.30. The first-order valence-electron chi connectivity index (χ1n) is 3.96. The Hall–Kier alpha value is -0.590. The maximum Gasteiger partial charge on any atom is 0.136 e. The lowest BCUT2D eigenvalue weighted by Crippen LogP contribution is -2.32. The van der Waals surface area contributed by atoms with Crippen LogP contribution in [0, 0.1) is 17.8 Å². The molecule has 0 aromatic heterocycles. The number of Topliss-reactive ketones (excluding diaryl/α,β-unsaturated/α-hetero) is 1. The Bertz CT molecular complexity index is 183. The highest BCUT2D eigenvalue weighted by Gasteiger charge is 2.45. The number of carbonyl (C=O) groups is 1. The summed E-state index contributed by atoms with van der Waals surface area (Å²) >= 11 is 0. The molecule has 0 bridgehead atoms. The monoisotopic (exact) mass is 152 g/mol. The zero-order chi connectivity index (χ0) is 7.14. The number of carbonyl (C=O) groups excluding carboxylic acids is 1. The van der Waals surface area contributed by atoms with Gasteiger partial charge in [-0.25, -0.2) is 0 Å². The Morgan fingerprint density at radius 2 is 2.18 bits per heavy atom. The summed E-state index contributed by atoms with van der Waals surface area (Å²) in [5.41, 5.74) is 0. The maximum absolute atomic E-state index is 10.9. The van der Waals surface area contributed by atoms with Gasteiger partial charge in [0.1, 0.15) is 5.78 Å². The summed E-state index contributed by atoms with van der Waals surface area (Å²) in [5, 5.41) is 0. The van der Waals surface area contributed by atoms with Crippen LogP contribution in [-0.4, -0.2) is 5.78 Å². The first-order chi connectivity index (χ1) is 4.81. The summed E-state index contributed by atoms with van der Waals surface area (Å²) < 4.78 is 0. The Labute approximate surface area is 68.5 Å². The van der Waals surface area contributed by atoms with Gasteiger partial charge in [-0.3, -0.25) is 4.79 Å². The zero-order valence-electron chi connectivity index (χ0n) is 6.05. The average molecular weight is 152 g/mol. The Balaban J connectivity index is 0.000000605. The Morgan fingerprint density at radius 3 is 2.64 bits per heavy atom. The van der Waals surface area contributed by atoms with E-state index in [-0.39, 0.29) is 7.43 Å². The van der Waals surface area contributed by atoms with Gasteiger partial charge in [-0.1, -0.05) is 13.5 Å². The second-order valence-electron chi connectivity index (χ2n) is 3.50. The topological polar surface area (TPSA) is 17.1 Å². The van der Waals surface area contributed by atoms with Crippen LogP contribution < -0.4 is 0 Å². The van der Waals surface area contributed by atoms with Crippen LogP contribution in [0.5, 0.6) is 0 Å². The highest BCUT2D eigenvalue weighted by Crippen LogP contribution is 2.47. The molecule has 2 unspecified atom stereocenters. The summed E-state index contributed by atoms with van der Waals surface area (Å²) in [6.07, 6.45) is 5.17. The van der Waals surface area contributed by atoms with Crippen LogP contribution in [0.1, 0.15) is 26.7 Å². The molecule has 0 aromatic carbocycles. The summed E-state index contributed by atoms with van der Waals surface area (Å²) in [7, 11) is 0. The maximum atomic E-state index is 10.9. The van der Waals surface area contributed by atoms with Gasteiger partial charge < -0.3 is 0 Å². The molecule has 3 atom stereocenters. The Kier molecular flexibility index (Phi) is 2.17. The fourth-order valence-electron chi connectivity index (χ4n) is 2.23. The molecular formula is C10H16O. The number of allylic oxidation sites excluding steroid dienone is 1. The van der Waals surface area contributed by atoms with E-state index in [9.17, 15) is 4.79 Å². The van der Waals surface area contributed by atoms with E-state index < -0.39 is 0 Å². The van der Waals surface area contributed by atoms with Crippen molar-refractivity contribution in [2.24, 2.45) is 17.8 Å². The molecule has 2 aliphatic carbocycles. The lowest BCUT2D eigenvalue weighted by Gasteiger charge is -2.27. The number of hydrogen-bond acceptors (Lipinski definition) is 1. The third kappa shape index (κ3) is 1.13. The molecule has 11 heavy (non-hydrogen) atoms. The van der Waals surface area contributed by atoms with Gasteiger partial charge in [-0.15, -0.1) is 6.58 Å². The van der Waals surface area contributed by atoms with E-state index in [2.05, 4.69) is 6.58 Å². The quantitative estimate of drug-likeness (QED) is 0.527. The van der Waals surface area contributed by atoms with Gasteiger partial charge in [0.05, 0.1) is 0 Å². The van der Waals surface area contributed by atoms with Crippen molar-refractivity contribution in [1.82, 2.24) is 0 Å². The first kappa shape index (κ1) is 8.51. The minimum atomic E-state index is 0. The third-order valence-electron chi connectivity index (χ3n) is 2.94. The van der Waals surface area contributed by atoms with Crippen LogP contribution in [-0.2, 0) is 4.79 Å². The predicted octanol–water partition coefficient (Wildman–Crippen LogP) is 2.42. The van der Waals surface area contributed by atoms with Crippen molar-refractivity contribution in [2.45, 2.75) is 26.7 Å². The molecular weight excluding hydrogens is 136 g/mol. The second kappa shape index (κ2) is 2.80. The van der Waals surface area contributed by atoms with Crippen molar-refractivity contribution in [1.29, 1.82) is 0 Å². The molecule has 0 saturated heterocycles. The van der Waals surface area contributed by atoms with Gasteiger partial charge in [0, 0.05) is 12.3 Å². The van der Waals surface area contributed by atoms with Crippen LogP contribution in [0.2, 0.25) is 0 Å². The molecule has 2 saturated carbocycles. The van der Waals surface area contributed by atoms with E-state index in [1.807, 2.05) is 6.08 Å². The number of rotatable bonds is 1. The molecule has 1 heteroatoms. The number of fused-ring (bicyclic) bond motifs is 1. The molecule has 0 radical (unpaired) electrons. The van der Waals surface area contributed by atoms with Crippen LogP contribution >= 0.6 is 0 Å². The lowest BCUT2D eigenvalue weighted by atomic mass is 9.75. The molecule has 2 fully saturated rings. The van der Waals surface area contributed by atoms with Gasteiger partial charge in [0.15, 0.2) is 0 Å². The molecule has 1 nitrogen and oxygen atoms in total. The van der Waals surface area contributed by atoms with E-state index in [1.54, 1.807) is 0 Å². The van der Waals surface area contributed by atoms with E-state index >= 15 is 0 Å². The predicted molar refractivity (Wildman–Crippen MR) is 46.3 cm³/mol. The van der Waals surface area contributed by atoms with Crippen LogP contribution in [0.3, 0.4) is 0 Å². The first-order valence-corrected chi connectivity index (χ1v) is 3.96. The second-order valence-corrected chi connectivity index (χ2v) is 3.50. The molecule has 62 valence electrons. The standard InChI is InChI=1S/C9H12O.CH4/c1-2-6-3-7-5-9(10)8(7)4-6;/h2,6-8H,1,3-5H2;1H4/t6?,7-,8?;/m1./s1. The molecule has 0 heterocycles. The third-order valence-corrected chi connectivity index (χ3v) is 2.94. The molecule has 2 aliphatic rings. The highest BCUT2D eigenvalue weighted by atomic mass is 16.1. The summed E-state index contributed by atoms with van der Waals surface area (Å²) in [4.78, 5) is 10.9. The van der Waals surface area contributed by atoms with Crippen LogP contribution in [0.15, 0.2) is 12.7 Å². The average Bonchev–Trinajstić information content (AvgIpc) is 2.26. The minimum Gasteiger partial charge on any atom is -0.299 e. The normalized spacial score (nSPS) is 40.4. The summed E-state index contributed by atoms with van der Waals surface area (Å²) in [6.45, 7) is 3.75. The fourth-order valence-corrected chi connectivity index (χ4v) is 2.23. The minimum absolute atomic E-state index is 0. The van der Waals surface area contributed by atoms with Gasteiger partial charge in [0.25, 0.3) is 0 Å². The summed E-state index contributed by atoms with van der Waals surface area (Å²) in [6, 6.07) is 0. The van der Waals surface area contributed by atoms with Gasteiger partial charge >= 0.3 is 0 Å². The van der Waals surface area contributed by atoms with Crippen molar-refractivity contribution in [3.05, 3.63) is 12.7 Å². The van der Waals surface area contributed by atoms with E-state index in [1.165, 1.54) is 6.42 Å². The van der Waals surface area contributed by atoms with Crippen LogP contribution in [0.25, 0.3) is 0 Å². The van der Waals surface area contributed by atoms with Crippen molar-refractivity contribution >= 4 is 5.78 Å². The van der Waals surface area contributed by atoms with Crippen molar-refractivity contribution in [2.75, 3.05) is 0 Å². The van der Waals surface area contributed by atoms with Crippen molar-refractivity contribution in [3.8, 4) is 0 Å². The molecule has 0 amide bonds. The van der Waals surface area contributed by atoms with Gasteiger partial charge in [-0.05, 0) is 24.7 Å². The van der Waals surface area contributed by atoms with E-state index in [4.69, 9.17) is 0 Å². The number of ketones is 1. The van der Waals surface area contributed by atoms with E-state index in [0.717, 1.165) is 18.8 Å². The zero-order valence-corrected chi connectivity index (χ0v) is 6.05. The lowest BCUT2D eigenvalue weighted by molar-refractivity contribution is -0.132. The van der Waals surface area contributed by atoms with Crippen molar-refractivity contribution in [3.63, 3.8) is 0 Å².